The zero-order chi connectivity index (χ0) is 14.9. The van der Waals surface area contributed by atoms with Gasteiger partial charge in [-0.25, -0.2) is 4.98 Å². The Morgan fingerprint density at radius 3 is 2.75 bits per heavy atom. The molecule has 0 aliphatic heterocycles. The third-order valence-electron chi connectivity index (χ3n) is 2.73. The number of aliphatic hydroxyl groups excluding tert-OH is 1. The van der Waals surface area contributed by atoms with Gasteiger partial charge in [0.15, 0.2) is 0 Å². The number of hydrogen-bond acceptors (Lipinski definition) is 5. The van der Waals surface area contributed by atoms with Crippen LogP contribution in [0.2, 0.25) is 0 Å². The number of anilines is 1. The average molecular weight is 361 g/mol. The van der Waals surface area contributed by atoms with Crippen LogP contribution in [0.5, 0.6) is 0 Å². The minimum Gasteiger partial charge on any atom is -0.392 e. The predicted molar refractivity (Wildman–Crippen MR) is 76.7 cm³/mol. The molecule has 2 rings (SSSR count). The molecule has 0 aliphatic rings. The number of pyridine rings is 1. The lowest BCUT2D eigenvalue weighted by Crippen LogP contribution is -2.16. The van der Waals surface area contributed by atoms with Crippen molar-refractivity contribution in [3.63, 3.8) is 0 Å². The summed E-state index contributed by atoms with van der Waals surface area (Å²) in [7, 11) is -3.90. The van der Waals surface area contributed by atoms with Crippen molar-refractivity contribution in [1.82, 2.24) is 15.2 Å². The van der Waals surface area contributed by atoms with Gasteiger partial charge in [-0.15, -0.1) is 0 Å². The summed E-state index contributed by atoms with van der Waals surface area (Å²) < 4.78 is 27.6. The molecule has 7 nitrogen and oxygen atoms in total. The first-order chi connectivity index (χ1) is 9.35. The first kappa shape index (κ1) is 14.9. The van der Waals surface area contributed by atoms with Crippen LogP contribution in [0.25, 0.3) is 0 Å². The van der Waals surface area contributed by atoms with Crippen LogP contribution in [0.3, 0.4) is 0 Å². The van der Waals surface area contributed by atoms with Gasteiger partial charge in [0.25, 0.3) is 10.0 Å². The number of sulfonamides is 1. The standard InChI is InChI=1S/C11H13BrN4O3S/c1-6-3-10(13-4-9(6)12)16-20(18,19)11-8(5-17)7(2)14-15-11/h3-4,17H,5H2,1-2H3,(H,13,16)(H,14,15). The molecule has 2 aromatic heterocycles. The molecule has 0 fully saturated rings. The van der Waals surface area contributed by atoms with Gasteiger partial charge < -0.3 is 5.11 Å². The van der Waals surface area contributed by atoms with E-state index in [1.807, 2.05) is 6.92 Å². The van der Waals surface area contributed by atoms with E-state index in [1.165, 1.54) is 6.20 Å². The van der Waals surface area contributed by atoms with Crippen molar-refractivity contribution in [3.8, 4) is 0 Å². The maximum atomic E-state index is 12.2. The fourth-order valence-electron chi connectivity index (χ4n) is 1.62. The Morgan fingerprint density at radius 2 is 2.15 bits per heavy atom. The zero-order valence-corrected chi connectivity index (χ0v) is 13.2. The van der Waals surface area contributed by atoms with Gasteiger partial charge in [0.2, 0.25) is 5.03 Å². The molecule has 9 heteroatoms. The second kappa shape index (κ2) is 5.51. The molecule has 0 unspecified atom stereocenters. The van der Waals surface area contributed by atoms with Crippen LogP contribution in [0.1, 0.15) is 16.8 Å². The Hall–Kier alpha value is -1.45. The Balaban J connectivity index is 2.38. The van der Waals surface area contributed by atoms with Gasteiger partial charge in [-0.05, 0) is 41.4 Å². The van der Waals surface area contributed by atoms with Crippen LogP contribution in [-0.4, -0.2) is 28.7 Å². The lowest BCUT2D eigenvalue weighted by molar-refractivity contribution is 0.277. The average Bonchev–Trinajstić information content (AvgIpc) is 2.75. The van der Waals surface area contributed by atoms with Crippen molar-refractivity contribution < 1.29 is 13.5 Å². The summed E-state index contributed by atoms with van der Waals surface area (Å²) in [6.45, 7) is 3.05. The molecule has 0 aromatic carbocycles. The maximum absolute atomic E-state index is 12.2. The van der Waals surface area contributed by atoms with E-state index >= 15 is 0 Å². The summed E-state index contributed by atoms with van der Waals surface area (Å²) in [5.74, 6) is 0.190. The molecule has 0 spiro atoms. The Labute approximate surface area is 124 Å². The molecule has 3 N–H and O–H groups in total. The molecule has 0 bridgehead atoms. The number of aliphatic hydroxyl groups is 1. The van der Waals surface area contributed by atoms with E-state index in [0.717, 1.165) is 10.0 Å². The summed E-state index contributed by atoms with van der Waals surface area (Å²) in [5.41, 5.74) is 1.59. The van der Waals surface area contributed by atoms with Gasteiger partial charge in [-0.2, -0.15) is 13.5 Å². The van der Waals surface area contributed by atoms with Crippen LogP contribution >= 0.6 is 15.9 Å². The van der Waals surface area contributed by atoms with E-state index < -0.39 is 16.6 Å². The highest BCUT2D eigenvalue weighted by Crippen LogP contribution is 2.21. The largest absolute Gasteiger partial charge is 0.392 e. The van der Waals surface area contributed by atoms with Crippen LogP contribution in [0.15, 0.2) is 21.8 Å². The van der Waals surface area contributed by atoms with E-state index in [1.54, 1.807) is 13.0 Å². The molecule has 0 saturated carbocycles. The first-order valence-corrected chi connectivity index (χ1v) is 7.92. The molecule has 2 aromatic rings. The number of halogens is 1. The zero-order valence-electron chi connectivity index (χ0n) is 10.8. The first-order valence-electron chi connectivity index (χ1n) is 5.65. The van der Waals surface area contributed by atoms with Crippen molar-refractivity contribution in [1.29, 1.82) is 0 Å². The normalized spacial score (nSPS) is 11.6. The molecular formula is C11H13BrN4O3S. The summed E-state index contributed by atoms with van der Waals surface area (Å²) in [6.07, 6.45) is 1.51. The highest BCUT2D eigenvalue weighted by molar-refractivity contribution is 9.10. The molecule has 0 saturated heterocycles. The third kappa shape index (κ3) is 2.84. The maximum Gasteiger partial charge on any atom is 0.282 e. The van der Waals surface area contributed by atoms with Gasteiger partial charge in [-0.3, -0.25) is 9.82 Å². The third-order valence-corrected chi connectivity index (χ3v) is 4.89. The number of rotatable bonds is 4. The van der Waals surface area contributed by atoms with Crippen LogP contribution in [-0.2, 0) is 16.6 Å². The van der Waals surface area contributed by atoms with Gasteiger partial charge in [-0.1, -0.05) is 0 Å². The number of aryl methyl sites for hydroxylation is 2. The lowest BCUT2D eigenvalue weighted by atomic mass is 10.3. The molecular weight excluding hydrogens is 348 g/mol. The summed E-state index contributed by atoms with van der Waals surface area (Å²) >= 11 is 3.29. The highest BCUT2D eigenvalue weighted by Gasteiger charge is 2.24. The van der Waals surface area contributed by atoms with Crippen molar-refractivity contribution in [2.45, 2.75) is 25.5 Å². The van der Waals surface area contributed by atoms with Crippen molar-refractivity contribution >= 4 is 31.8 Å². The van der Waals surface area contributed by atoms with E-state index in [-0.39, 0.29) is 16.4 Å². The highest BCUT2D eigenvalue weighted by atomic mass is 79.9. The summed E-state index contributed by atoms with van der Waals surface area (Å²) in [4.78, 5) is 3.97. The van der Waals surface area contributed by atoms with Crippen LogP contribution in [0, 0.1) is 13.8 Å². The molecule has 20 heavy (non-hydrogen) atoms. The fourth-order valence-corrected chi connectivity index (χ4v) is 3.03. The second-order valence-corrected chi connectivity index (χ2v) is 6.67. The predicted octanol–water partition coefficient (Wildman–Crippen LogP) is 1.48. The number of nitrogens with zero attached hydrogens (tertiary/aromatic N) is 2. The molecule has 0 aliphatic carbocycles. The van der Waals surface area contributed by atoms with Crippen LogP contribution in [0.4, 0.5) is 5.82 Å². The topological polar surface area (TPSA) is 108 Å². The SMILES string of the molecule is Cc1cc(NS(=O)(=O)c2n[nH]c(C)c2CO)ncc1Br. The van der Waals surface area contributed by atoms with E-state index in [2.05, 4.69) is 35.8 Å². The van der Waals surface area contributed by atoms with E-state index in [9.17, 15) is 13.5 Å². The Morgan fingerprint density at radius 1 is 1.45 bits per heavy atom. The fraction of sp³-hybridized carbons (Fsp3) is 0.273. The number of aromatic nitrogens is 3. The monoisotopic (exact) mass is 360 g/mol. The molecule has 0 radical (unpaired) electrons. The van der Waals surface area contributed by atoms with Gasteiger partial charge in [0, 0.05) is 21.9 Å². The molecule has 2 heterocycles. The number of aromatic amines is 1. The molecule has 0 atom stereocenters. The Bertz CT molecular complexity index is 742. The van der Waals surface area contributed by atoms with Crippen molar-refractivity contribution in [3.05, 3.63) is 33.6 Å². The van der Waals surface area contributed by atoms with Crippen molar-refractivity contribution in [2.75, 3.05) is 4.72 Å². The Kier molecular flexibility index (Phi) is 4.11. The summed E-state index contributed by atoms with van der Waals surface area (Å²) in [6, 6.07) is 1.60. The van der Waals surface area contributed by atoms with E-state index in [0.29, 0.717) is 5.69 Å². The van der Waals surface area contributed by atoms with Gasteiger partial charge in [0.1, 0.15) is 5.82 Å². The smallest absolute Gasteiger partial charge is 0.282 e. The second-order valence-electron chi connectivity index (χ2n) is 4.21. The number of hydrogen-bond donors (Lipinski definition) is 3. The van der Waals surface area contributed by atoms with Crippen molar-refractivity contribution in [2.24, 2.45) is 0 Å². The van der Waals surface area contributed by atoms with Crippen LogP contribution < -0.4 is 4.72 Å². The quantitative estimate of drug-likeness (QED) is 0.765. The number of H-pyrrole nitrogens is 1. The summed E-state index contributed by atoms with van der Waals surface area (Å²) in [5, 5.41) is 15.3. The lowest BCUT2D eigenvalue weighted by Gasteiger charge is -2.07. The van der Waals surface area contributed by atoms with E-state index in [4.69, 9.17) is 0 Å². The number of nitrogens with one attached hydrogen (secondary N) is 2. The molecule has 108 valence electrons. The van der Waals surface area contributed by atoms with Gasteiger partial charge >= 0.3 is 0 Å². The minimum absolute atomic E-state index is 0.190. The molecule has 0 amide bonds. The minimum atomic E-state index is -3.90. The van der Waals surface area contributed by atoms with Gasteiger partial charge in [0.05, 0.1) is 6.61 Å².